The number of amides is 1. The second-order valence-electron chi connectivity index (χ2n) is 7.45. The number of carbonyl (C=O) groups is 1. The Kier molecular flexibility index (Phi) is 5.98. The molecule has 0 spiro atoms. The highest BCUT2D eigenvalue weighted by molar-refractivity contribution is 9.10. The van der Waals surface area contributed by atoms with E-state index in [1.54, 1.807) is 23.1 Å². The van der Waals surface area contributed by atoms with Crippen LogP contribution in [0.3, 0.4) is 0 Å². The SMILES string of the molecule is O=C1C(=Cc2ccc(-c3ccc(Cl)c(Cl)c3)o2)C=C(c2ccccc2)N1c1cccc(Br)c1. The van der Waals surface area contributed by atoms with Crippen LogP contribution in [0.1, 0.15) is 11.3 Å². The molecule has 0 atom stereocenters. The van der Waals surface area contributed by atoms with Crippen LogP contribution in [0.2, 0.25) is 10.0 Å². The lowest BCUT2D eigenvalue weighted by atomic mass is 10.1. The van der Waals surface area contributed by atoms with Crippen molar-refractivity contribution in [2.45, 2.75) is 0 Å². The van der Waals surface area contributed by atoms with Crippen molar-refractivity contribution in [1.29, 1.82) is 0 Å². The van der Waals surface area contributed by atoms with Crippen LogP contribution < -0.4 is 4.90 Å². The van der Waals surface area contributed by atoms with Gasteiger partial charge in [-0.2, -0.15) is 0 Å². The maximum Gasteiger partial charge on any atom is 0.263 e. The van der Waals surface area contributed by atoms with Gasteiger partial charge < -0.3 is 4.42 Å². The van der Waals surface area contributed by atoms with Gasteiger partial charge in [0.25, 0.3) is 5.91 Å². The van der Waals surface area contributed by atoms with Crippen molar-refractivity contribution in [3.63, 3.8) is 0 Å². The molecule has 2 heterocycles. The van der Waals surface area contributed by atoms with Crippen molar-refractivity contribution in [2.75, 3.05) is 4.90 Å². The Hall–Kier alpha value is -3.05. The van der Waals surface area contributed by atoms with Crippen molar-refractivity contribution >= 4 is 62.5 Å². The fourth-order valence-electron chi connectivity index (χ4n) is 3.70. The fourth-order valence-corrected chi connectivity index (χ4v) is 4.38. The zero-order valence-corrected chi connectivity index (χ0v) is 20.2. The molecule has 0 fully saturated rings. The van der Waals surface area contributed by atoms with Crippen LogP contribution >= 0.6 is 39.1 Å². The Morgan fingerprint density at radius 2 is 1.64 bits per heavy atom. The molecule has 0 aliphatic carbocycles. The minimum absolute atomic E-state index is 0.126. The van der Waals surface area contributed by atoms with Gasteiger partial charge in [0.15, 0.2) is 0 Å². The first-order valence-electron chi connectivity index (χ1n) is 10.1. The fraction of sp³-hybridized carbons (Fsp3) is 0. The van der Waals surface area contributed by atoms with Crippen LogP contribution in [-0.4, -0.2) is 5.91 Å². The monoisotopic (exact) mass is 535 g/mol. The molecule has 1 aromatic heterocycles. The first-order chi connectivity index (χ1) is 16.0. The minimum Gasteiger partial charge on any atom is -0.457 e. The number of anilines is 1. The summed E-state index contributed by atoms with van der Waals surface area (Å²) in [7, 11) is 0. The van der Waals surface area contributed by atoms with Crippen molar-refractivity contribution in [3.05, 3.63) is 122 Å². The predicted octanol–water partition coefficient (Wildman–Crippen LogP) is 8.49. The zero-order valence-electron chi connectivity index (χ0n) is 17.1. The van der Waals surface area contributed by atoms with Gasteiger partial charge in [-0.05, 0) is 66.2 Å². The Balaban J connectivity index is 1.54. The third-order valence-corrected chi connectivity index (χ3v) is 6.48. The third-order valence-electron chi connectivity index (χ3n) is 5.25. The molecule has 6 heteroatoms. The van der Waals surface area contributed by atoms with Gasteiger partial charge in [-0.3, -0.25) is 9.69 Å². The molecule has 0 bridgehead atoms. The first-order valence-corrected chi connectivity index (χ1v) is 11.7. The number of hydrogen-bond donors (Lipinski definition) is 0. The summed E-state index contributed by atoms with van der Waals surface area (Å²) in [5.41, 5.74) is 3.88. The second-order valence-corrected chi connectivity index (χ2v) is 9.18. The van der Waals surface area contributed by atoms with Crippen molar-refractivity contribution in [3.8, 4) is 11.3 Å². The molecule has 3 nitrogen and oxygen atoms in total. The Morgan fingerprint density at radius 1 is 0.818 bits per heavy atom. The van der Waals surface area contributed by atoms with Gasteiger partial charge in [0.05, 0.1) is 21.4 Å². The molecule has 4 aromatic rings. The molecule has 0 radical (unpaired) electrons. The van der Waals surface area contributed by atoms with Crippen LogP contribution in [0.5, 0.6) is 0 Å². The molecule has 0 saturated heterocycles. The second kappa shape index (κ2) is 9.06. The van der Waals surface area contributed by atoms with E-state index in [0.29, 0.717) is 27.1 Å². The highest BCUT2D eigenvalue weighted by Crippen LogP contribution is 2.37. The number of carbonyl (C=O) groups excluding carboxylic acids is 1. The lowest BCUT2D eigenvalue weighted by Gasteiger charge is -2.21. The molecule has 0 N–H and O–H groups in total. The zero-order chi connectivity index (χ0) is 22.9. The van der Waals surface area contributed by atoms with Crippen LogP contribution in [0.15, 0.2) is 105 Å². The Bertz CT molecular complexity index is 1420. The molecule has 1 aliphatic heterocycles. The Labute approximate surface area is 209 Å². The quantitative estimate of drug-likeness (QED) is 0.245. The molecule has 0 saturated carbocycles. The van der Waals surface area contributed by atoms with Gasteiger partial charge in [0, 0.05) is 15.6 Å². The number of halogens is 3. The normalized spacial score (nSPS) is 14.8. The summed E-state index contributed by atoms with van der Waals surface area (Å²) >= 11 is 15.7. The number of furan rings is 1. The highest BCUT2D eigenvalue weighted by Gasteiger charge is 2.30. The van der Waals surface area contributed by atoms with E-state index in [1.807, 2.05) is 78.9 Å². The largest absolute Gasteiger partial charge is 0.457 e. The number of benzene rings is 3. The van der Waals surface area contributed by atoms with E-state index in [9.17, 15) is 4.79 Å². The summed E-state index contributed by atoms with van der Waals surface area (Å²) in [6.45, 7) is 0. The van der Waals surface area contributed by atoms with E-state index < -0.39 is 0 Å². The van der Waals surface area contributed by atoms with Gasteiger partial charge >= 0.3 is 0 Å². The maximum atomic E-state index is 13.5. The van der Waals surface area contributed by atoms with E-state index in [4.69, 9.17) is 27.6 Å². The summed E-state index contributed by atoms with van der Waals surface area (Å²) in [5, 5.41) is 0.939. The summed E-state index contributed by atoms with van der Waals surface area (Å²) in [6, 6.07) is 26.5. The molecule has 3 aromatic carbocycles. The Morgan fingerprint density at radius 3 is 2.39 bits per heavy atom. The van der Waals surface area contributed by atoms with E-state index in [2.05, 4.69) is 15.9 Å². The van der Waals surface area contributed by atoms with Gasteiger partial charge in [0.2, 0.25) is 0 Å². The summed E-state index contributed by atoms with van der Waals surface area (Å²) in [4.78, 5) is 15.2. The molecule has 162 valence electrons. The van der Waals surface area contributed by atoms with E-state index in [1.165, 1.54) is 0 Å². The minimum atomic E-state index is -0.126. The van der Waals surface area contributed by atoms with Crippen LogP contribution in [0.25, 0.3) is 23.1 Å². The molecule has 33 heavy (non-hydrogen) atoms. The average molecular weight is 537 g/mol. The lowest BCUT2D eigenvalue weighted by Crippen LogP contribution is -2.24. The van der Waals surface area contributed by atoms with Crippen LogP contribution in [0, 0.1) is 0 Å². The average Bonchev–Trinajstić information content (AvgIpc) is 3.41. The number of rotatable bonds is 4. The predicted molar refractivity (Wildman–Crippen MR) is 138 cm³/mol. The number of hydrogen-bond acceptors (Lipinski definition) is 2. The van der Waals surface area contributed by atoms with Gasteiger partial charge in [0.1, 0.15) is 11.5 Å². The topological polar surface area (TPSA) is 33.5 Å². The molecule has 5 rings (SSSR count). The maximum absolute atomic E-state index is 13.5. The van der Waals surface area contributed by atoms with E-state index in [0.717, 1.165) is 27.0 Å². The van der Waals surface area contributed by atoms with E-state index in [-0.39, 0.29) is 5.91 Å². The molecular weight excluding hydrogens is 521 g/mol. The molecule has 1 aliphatic rings. The van der Waals surface area contributed by atoms with Crippen molar-refractivity contribution in [2.24, 2.45) is 0 Å². The van der Waals surface area contributed by atoms with Crippen LogP contribution in [-0.2, 0) is 4.79 Å². The number of nitrogens with zero attached hydrogens (tertiary/aromatic N) is 1. The molecule has 1 amide bonds. The van der Waals surface area contributed by atoms with Gasteiger partial charge in [-0.25, -0.2) is 0 Å². The highest BCUT2D eigenvalue weighted by atomic mass is 79.9. The van der Waals surface area contributed by atoms with Crippen molar-refractivity contribution < 1.29 is 9.21 Å². The summed E-state index contributed by atoms with van der Waals surface area (Å²) in [6.07, 6.45) is 3.64. The van der Waals surface area contributed by atoms with Crippen molar-refractivity contribution in [1.82, 2.24) is 0 Å². The van der Waals surface area contributed by atoms with E-state index >= 15 is 0 Å². The molecule has 0 unspecified atom stereocenters. The van der Waals surface area contributed by atoms with Gasteiger partial charge in [-0.15, -0.1) is 0 Å². The lowest BCUT2D eigenvalue weighted by molar-refractivity contribution is -0.113. The summed E-state index contributed by atoms with van der Waals surface area (Å²) < 4.78 is 6.89. The standard InChI is InChI=1S/C27H16BrCl2NO2/c28-20-7-4-8-21(16-20)31-25(17-5-2-1-3-6-17)15-19(27(31)32)13-22-10-12-26(33-22)18-9-11-23(29)24(30)14-18/h1-16H. The first kappa shape index (κ1) is 21.8. The molecular formula is C27H16BrCl2NO2. The van der Waals surface area contributed by atoms with Crippen LogP contribution in [0.4, 0.5) is 5.69 Å². The third kappa shape index (κ3) is 4.42. The smallest absolute Gasteiger partial charge is 0.263 e. The summed E-state index contributed by atoms with van der Waals surface area (Å²) in [5.74, 6) is 1.08. The van der Waals surface area contributed by atoms with Gasteiger partial charge in [-0.1, -0.05) is 75.5 Å².